The lowest BCUT2D eigenvalue weighted by Crippen LogP contribution is -2.49. The van der Waals surface area contributed by atoms with Crippen LogP contribution in [0.2, 0.25) is 0 Å². The molecule has 2 N–H and O–H groups in total. The van der Waals surface area contributed by atoms with E-state index in [9.17, 15) is 0 Å². The normalized spacial score (nSPS) is 24.3. The molecule has 0 aromatic rings. The largest absolute Gasteiger partial charge is 0.396 e. The van der Waals surface area contributed by atoms with E-state index in [1.807, 2.05) is 0 Å². The molecule has 2 nitrogen and oxygen atoms in total. The van der Waals surface area contributed by atoms with Gasteiger partial charge < -0.3 is 10.4 Å². The summed E-state index contributed by atoms with van der Waals surface area (Å²) in [5.41, 5.74) is 0.392. The molecule has 1 aliphatic carbocycles. The van der Waals surface area contributed by atoms with Crippen molar-refractivity contribution in [2.45, 2.75) is 38.6 Å². The van der Waals surface area contributed by atoms with E-state index in [1.54, 1.807) is 0 Å². The number of aliphatic hydroxyl groups is 1. The fraction of sp³-hybridized carbons (Fsp3) is 1.00. The Morgan fingerprint density at radius 2 is 2.18 bits per heavy atom. The molecule has 2 heteroatoms. The zero-order valence-corrected chi connectivity index (χ0v) is 7.56. The Hall–Kier alpha value is -0.0800. The van der Waals surface area contributed by atoms with E-state index in [-0.39, 0.29) is 0 Å². The second-order valence-corrected chi connectivity index (χ2v) is 4.08. The fourth-order valence-corrected chi connectivity index (χ4v) is 1.37. The summed E-state index contributed by atoms with van der Waals surface area (Å²) in [7, 11) is 0. The molecule has 1 aliphatic rings. The van der Waals surface area contributed by atoms with Gasteiger partial charge in [-0.3, -0.25) is 0 Å². The quantitative estimate of drug-likeness (QED) is 0.641. The maximum Gasteiger partial charge on any atom is 0.0468 e. The average Bonchev–Trinajstić information content (AvgIpc) is 1.96. The lowest BCUT2D eigenvalue weighted by molar-refractivity contribution is 0.175. The lowest BCUT2D eigenvalue weighted by atomic mass is 9.78. The van der Waals surface area contributed by atoms with Gasteiger partial charge in [0.2, 0.25) is 0 Å². The van der Waals surface area contributed by atoms with E-state index < -0.39 is 0 Å². The van der Waals surface area contributed by atoms with Crippen LogP contribution in [0.1, 0.15) is 33.1 Å². The van der Waals surface area contributed by atoms with Crippen LogP contribution in [-0.4, -0.2) is 23.8 Å². The molecule has 0 spiro atoms. The van der Waals surface area contributed by atoms with Crippen LogP contribution >= 0.6 is 0 Å². The summed E-state index contributed by atoms with van der Waals surface area (Å²) in [5, 5.41) is 12.3. The van der Waals surface area contributed by atoms with E-state index in [1.165, 1.54) is 19.3 Å². The maximum atomic E-state index is 8.78. The van der Waals surface area contributed by atoms with Crippen molar-refractivity contribution in [2.75, 3.05) is 13.2 Å². The Bertz CT molecular complexity index is 121. The van der Waals surface area contributed by atoms with Crippen LogP contribution in [-0.2, 0) is 0 Å². The zero-order chi connectivity index (χ0) is 8.32. The molecule has 1 saturated carbocycles. The van der Waals surface area contributed by atoms with Crippen molar-refractivity contribution in [2.24, 2.45) is 5.92 Å². The second-order valence-electron chi connectivity index (χ2n) is 4.08. The van der Waals surface area contributed by atoms with Gasteiger partial charge in [0.25, 0.3) is 0 Å². The molecule has 0 bridgehead atoms. The predicted molar refractivity (Wildman–Crippen MR) is 46.5 cm³/mol. The molecule has 0 heterocycles. The van der Waals surface area contributed by atoms with E-state index in [4.69, 9.17) is 5.11 Å². The van der Waals surface area contributed by atoms with Gasteiger partial charge in [0.15, 0.2) is 0 Å². The molecule has 1 rings (SSSR count). The van der Waals surface area contributed by atoms with Gasteiger partial charge in [-0.15, -0.1) is 0 Å². The van der Waals surface area contributed by atoms with Crippen molar-refractivity contribution >= 4 is 0 Å². The summed E-state index contributed by atoms with van der Waals surface area (Å²) in [6, 6.07) is 0. The van der Waals surface area contributed by atoms with Crippen LogP contribution in [0.3, 0.4) is 0 Å². The summed E-state index contributed by atoms with van der Waals surface area (Å²) in [6.45, 7) is 5.58. The van der Waals surface area contributed by atoms with Gasteiger partial charge >= 0.3 is 0 Å². The van der Waals surface area contributed by atoms with Gasteiger partial charge in [0.1, 0.15) is 0 Å². The molecule has 66 valence electrons. The first kappa shape index (κ1) is 9.01. The minimum absolute atomic E-state index is 0.295. The summed E-state index contributed by atoms with van der Waals surface area (Å²) in [4.78, 5) is 0. The van der Waals surface area contributed by atoms with Crippen molar-refractivity contribution in [1.82, 2.24) is 5.32 Å². The molecular weight excluding hydrogens is 138 g/mol. The third-order valence-corrected chi connectivity index (χ3v) is 2.65. The molecule has 1 unspecified atom stereocenters. The predicted octanol–water partition coefficient (Wildman–Crippen LogP) is 1.15. The van der Waals surface area contributed by atoms with E-state index in [0.29, 0.717) is 18.1 Å². The summed E-state index contributed by atoms with van der Waals surface area (Å²) < 4.78 is 0. The number of aliphatic hydroxyl groups excluding tert-OH is 1. The van der Waals surface area contributed by atoms with Crippen molar-refractivity contribution < 1.29 is 5.11 Å². The van der Waals surface area contributed by atoms with Crippen LogP contribution in [0.5, 0.6) is 0 Å². The third-order valence-electron chi connectivity index (χ3n) is 2.65. The Kier molecular flexibility index (Phi) is 2.90. The van der Waals surface area contributed by atoms with Gasteiger partial charge in [-0.05, 0) is 32.1 Å². The highest BCUT2D eigenvalue weighted by atomic mass is 16.3. The first-order chi connectivity index (χ1) is 5.16. The minimum atomic E-state index is 0.295. The Morgan fingerprint density at radius 1 is 1.55 bits per heavy atom. The van der Waals surface area contributed by atoms with Gasteiger partial charge in [-0.25, -0.2) is 0 Å². The number of hydrogen-bond donors (Lipinski definition) is 2. The van der Waals surface area contributed by atoms with Crippen molar-refractivity contribution in [3.63, 3.8) is 0 Å². The summed E-state index contributed by atoms with van der Waals surface area (Å²) in [6.07, 6.45) is 3.95. The fourth-order valence-electron chi connectivity index (χ4n) is 1.37. The first-order valence-corrected chi connectivity index (χ1v) is 4.52. The number of rotatable bonds is 4. The van der Waals surface area contributed by atoms with Crippen LogP contribution in [0.15, 0.2) is 0 Å². The zero-order valence-electron chi connectivity index (χ0n) is 7.56. The molecule has 0 aromatic carbocycles. The Balaban J connectivity index is 2.11. The van der Waals surface area contributed by atoms with Gasteiger partial charge in [-0.2, -0.15) is 0 Å². The molecule has 1 fully saturated rings. The summed E-state index contributed by atoms with van der Waals surface area (Å²) in [5.74, 6) is 0.396. The molecule has 0 radical (unpaired) electrons. The molecule has 1 atom stereocenters. The SMILES string of the molecule is CC(CO)CNC1(C)CCC1. The monoisotopic (exact) mass is 157 g/mol. The molecule has 0 aromatic heterocycles. The molecule has 0 aliphatic heterocycles. The van der Waals surface area contributed by atoms with Crippen molar-refractivity contribution in [1.29, 1.82) is 0 Å². The molecule has 0 amide bonds. The third kappa shape index (κ3) is 2.46. The van der Waals surface area contributed by atoms with Crippen molar-refractivity contribution in [3.05, 3.63) is 0 Å². The summed E-state index contributed by atoms with van der Waals surface area (Å²) >= 11 is 0. The standard InChI is InChI=1S/C9H19NO/c1-8(7-11)6-10-9(2)4-3-5-9/h8,10-11H,3-7H2,1-2H3. The first-order valence-electron chi connectivity index (χ1n) is 4.52. The number of nitrogens with one attached hydrogen (secondary N) is 1. The van der Waals surface area contributed by atoms with Crippen LogP contribution in [0.4, 0.5) is 0 Å². The van der Waals surface area contributed by atoms with Crippen LogP contribution < -0.4 is 5.32 Å². The van der Waals surface area contributed by atoms with Crippen LogP contribution in [0, 0.1) is 5.92 Å². The highest BCUT2D eigenvalue weighted by Gasteiger charge is 2.30. The van der Waals surface area contributed by atoms with E-state index in [0.717, 1.165) is 6.54 Å². The maximum absolute atomic E-state index is 8.78. The second kappa shape index (κ2) is 3.55. The van der Waals surface area contributed by atoms with Crippen LogP contribution in [0.25, 0.3) is 0 Å². The molecular formula is C9H19NO. The lowest BCUT2D eigenvalue weighted by Gasteiger charge is -2.40. The topological polar surface area (TPSA) is 32.3 Å². The Morgan fingerprint density at radius 3 is 2.55 bits per heavy atom. The number of hydrogen-bond acceptors (Lipinski definition) is 2. The minimum Gasteiger partial charge on any atom is -0.396 e. The van der Waals surface area contributed by atoms with E-state index >= 15 is 0 Å². The van der Waals surface area contributed by atoms with Gasteiger partial charge in [0.05, 0.1) is 0 Å². The Labute approximate surface area is 69.0 Å². The smallest absolute Gasteiger partial charge is 0.0468 e. The van der Waals surface area contributed by atoms with Crippen molar-refractivity contribution in [3.8, 4) is 0 Å². The highest BCUT2D eigenvalue weighted by molar-refractivity contribution is 4.91. The van der Waals surface area contributed by atoms with Gasteiger partial charge in [0, 0.05) is 18.7 Å². The molecule has 0 saturated heterocycles. The average molecular weight is 157 g/mol. The van der Waals surface area contributed by atoms with Gasteiger partial charge in [-0.1, -0.05) is 6.92 Å². The molecule has 11 heavy (non-hydrogen) atoms. The van der Waals surface area contributed by atoms with E-state index in [2.05, 4.69) is 19.2 Å². The highest BCUT2D eigenvalue weighted by Crippen LogP contribution is 2.30.